The summed E-state index contributed by atoms with van der Waals surface area (Å²) in [6.45, 7) is 0. The fraction of sp³-hybridized carbons (Fsp3) is 0.0952. The number of imidazole rings is 1. The molecule has 0 spiro atoms. The third kappa shape index (κ3) is 2.95. The number of fused-ring (bicyclic) bond motifs is 1. The van der Waals surface area contributed by atoms with Gasteiger partial charge in [-0.05, 0) is 23.8 Å². The van der Waals surface area contributed by atoms with Gasteiger partial charge in [-0.3, -0.25) is 9.78 Å². The molecule has 2 aromatic carbocycles. The van der Waals surface area contributed by atoms with Gasteiger partial charge in [-0.15, -0.1) is 0 Å². The zero-order chi connectivity index (χ0) is 17.9. The molecule has 2 aromatic heterocycles. The Hall–Kier alpha value is -3.47. The number of pyridine rings is 1. The smallest absolute Gasteiger partial charge is 0.252 e. The van der Waals surface area contributed by atoms with Gasteiger partial charge in [0, 0.05) is 36.6 Å². The van der Waals surface area contributed by atoms with E-state index in [1.807, 2.05) is 78.5 Å². The number of hydrogen-bond acceptors (Lipinski definition) is 3. The zero-order valence-corrected chi connectivity index (χ0v) is 14.3. The number of amides is 1. The molecule has 128 valence electrons. The lowest BCUT2D eigenvalue weighted by Crippen LogP contribution is -2.31. The highest BCUT2D eigenvalue weighted by Crippen LogP contribution is 2.22. The van der Waals surface area contributed by atoms with Gasteiger partial charge in [0.25, 0.3) is 5.91 Å². The average molecular weight is 342 g/mol. The Labute approximate surface area is 151 Å². The normalized spacial score (nSPS) is 12.0. The number of hydrogen-bond donors (Lipinski definition) is 1. The lowest BCUT2D eigenvalue weighted by molar-refractivity contribution is 0.0943. The van der Waals surface area contributed by atoms with Gasteiger partial charge in [0.15, 0.2) is 0 Å². The van der Waals surface area contributed by atoms with E-state index in [-0.39, 0.29) is 11.9 Å². The van der Waals surface area contributed by atoms with Gasteiger partial charge in [0.2, 0.25) is 0 Å². The minimum atomic E-state index is -0.337. The number of aromatic nitrogens is 3. The summed E-state index contributed by atoms with van der Waals surface area (Å²) in [4.78, 5) is 21.8. The Kier molecular flexibility index (Phi) is 4.19. The van der Waals surface area contributed by atoms with Crippen LogP contribution in [0.15, 0.2) is 79.3 Å². The van der Waals surface area contributed by atoms with E-state index in [0.717, 1.165) is 22.3 Å². The maximum atomic E-state index is 13.1. The van der Waals surface area contributed by atoms with Crippen LogP contribution in [0.5, 0.6) is 0 Å². The van der Waals surface area contributed by atoms with E-state index in [9.17, 15) is 4.79 Å². The number of rotatable bonds is 4. The van der Waals surface area contributed by atoms with Gasteiger partial charge in [-0.1, -0.05) is 42.5 Å². The Morgan fingerprint density at radius 3 is 2.58 bits per heavy atom. The number of nitrogens with zero attached hydrogens (tertiary/aromatic N) is 3. The van der Waals surface area contributed by atoms with E-state index >= 15 is 0 Å². The van der Waals surface area contributed by atoms with Crippen molar-refractivity contribution in [2.24, 2.45) is 7.05 Å². The van der Waals surface area contributed by atoms with Crippen LogP contribution in [-0.2, 0) is 7.05 Å². The zero-order valence-electron chi connectivity index (χ0n) is 14.3. The first kappa shape index (κ1) is 16.0. The van der Waals surface area contributed by atoms with Crippen LogP contribution < -0.4 is 5.32 Å². The predicted octanol–water partition coefficient (Wildman–Crippen LogP) is 3.49. The maximum absolute atomic E-state index is 13.1. The van der Waals surface area contributed by atoms with Crippen LogP contribution in [0.4, 0.5) is 0 Å². The molecule has 0 aliphatic carbocycles. The largest absolute Gasteiger partial charge is 0.338 e. The highest BCUT2D eigenvalue weighted by Gasteiger charge is 2.22. The van der Waals surface area contributed by atoms with E-state index in [1.165, 1.54) is 0 Å². The molecule has 0 aliphatic heterocycles. The second kappa shape index (κ2) is 6.80. The van der Waals surface area contributed by atoms with E-state index in [4.69, 9.17) is 0 Å². The molecule has 4 rings (SSSR count). The first-order valence-corrected chi connectivity index (χ1v) is 8.41. The topological polar surface area (TPSA) is 59.8 Å². The molecular weight excluding hydrogens is 324 g/mol. The molecule has 5 heteroatoms. The van der Waals surface area contributed by atoms with Crippen molar-refractivity contribution in [2.75, 3.05) is 0 Å². The van der Waals surface area contributed by atoms with Gasteiger partial charge in [0.05, 0.1) is 5.52 Å². The highest BCUT2D eigenvalue weighted by molar-refractivity contribution is 6.06. The van der Waals surface area contributed by atoms with Gasteiger partial charge in [-0.2, -0.15) is 0 Å². The van der Waals surface area contributed by atoms with Crippen LogP contribution in [0.1, 0.15) is 27.8 Å². The number of carbonyl (C=O) groups excluding carboxylic acids is 1. The predicted molar refractivity (Wildman–Crippen MR) is 101 cm³/mol. The van der Waals surface area contributed by atoms with Crippen LogP contribution in [-0.4, -0.2) is 20.4 Å². The number of aryl methyl sites for hydroxylation is 1. The summed E-state index contributed by atoms with van der Waals surface area (Å²) in [5.74, 6) is 0.628. The van der Waals surface area contributed by atoms with Crippen LogP contribution in [0.25, 0.3) is 10.9 Å². The lowest BCUT2D eigenvalue weighted by Gasteiger charge is -2.19. The Bertz CT molecular complexity index is 1050. The first-order chi connectivity index (χ1) is 12.7. The van der Waals surface area contributed by atoms with E-state index in [0.29, 0.717) is 5.56 Å². The van der Waals surface area contributed by atoms with Gasteiger partial charge >= 0.3 is 0 Å². The molecular formula is C21H18N4O. The monoisotopic (exact) mass is 342 g/mol. The molecule has 0 bridgehead atoms. The fourth-order valence-electron chi connectivity index (χ4n) is 3.11. The molecule has 1 amide bonds. The molecule has 1 N–H and O–H groups in total. The summed E-state index contributed by atoms with van der Waals surface area (Å²) < 4.78 is 1.92. The van der Waals surface area contributed by atoms with Gasteiger partial charge in [0.1, 0.15) is 11.9 Å². The van der Waals surface area contributed by atoms with Gasteiger partial charge < -0.3 is 9.88 Å². The van der Waals surface area contributed by atoms with Crippen molar-refractivity contribution >= 4 is 16.8 Å². The molecule has 0 unspecified atom stereocenters. The second-order valence-corrected chi connectivity index (χ2v) is 6.09. The molecule has 5 nitrogen and oxygen atoms in total. The molecule has 2 heterocycles. The second-order valence-electron chi connectivity index (χ2n) is 6.09. The molecule has 0 radical (unpaired) electrons. The quantitative estimate of drug-likeness (QED) is 0.618. The van der Waals surface area contributed by atoms with E-state index in [1.54, 1.807) is 12.4 Å². The van der Waals surface area contributed by atoms with Crippen molar-refractivity contribution in [3.63, 3.8) is 0 Å². The first-order valence-electron chi connectivity index (χ1n) is 8.41. The Balaban J connectivity index is 1.74. The fourth-order valence-corrected chi connectivity index (χ4v) is 3.11. The molecule has 4 aromatic rings. The Morgan fingerprint density at radius 2 is 1.81 bits per heavy atom. The van der Waals surface area contributed by atoms with Crippen molar-refractivity contribution < 1.29 is 4.79 Å². The van der Waals surface area contributed by atoms with Crippen molar-refractivity contribution in [2.45, 2.75) is 6.04 Å². The minimum Gasteiger partial charge on any atom is -0.338 e. The summed E-state index contributed by atoms with van der Waals surface area (Å²) in [7, 11) is 1.92. The molecule has 0 saturated heterocycles. The van der Waals surface area contributed by atoms with Crippen LogP contribution in [0.3, 0.4) is 0 Å². The SMILES string of the molecule is Cn1ccnc1[C@H](NC(=O)c1cccc2ncccc12)c1ccccc1. The molecule has 0 fully saturated rings. The summed E-state index contributed by atoms with van der Waals surface area (Å²) in [5, 5.41) is 3.97. The van der Waals surface area contributed by atoms with Gasteiger partial charge in [-0.25, -0.2) is 4.98 Å². The molecule has 1 atom stereocenters. The summed E-state index contributed by atoms with van der Waals surface area (Å²) in [6, 6.07) is 18.8. The minimum absolute atomic E-state index is 0.152. The molecule has 0 aliphatic rings. The standard InChI is InChI=1S/C21H18N4O/c1-25-14-13-23-20(25)19(15-7-3-2-4-8-15)24-21(26)17-9-5-11-18-16(17)10-6-12-22-18/h2-14,19H,1H3,(H,24,26)/t19-/m1/s1. The Morgan fingerprint density at radius 1 is 0.962 bits per heavy atom. The van der Waals surface area contributed by atoms with Crippen molar-refractivity contribution in [1.29, 1.82) is 0 Å². The third-order valence-electron chi connectivity index (χ3n) is 4.42. The van der Waals surface area contributed by atoms with Crippen LogP contribution in [0, 0.1) is 0 Å². The summed E-state index contributed by atoms with van der Waals surface area (Å²) in [5.41, 5.74) is 2.38. The average Bonchev–Trinajstić information content (AvgIpc) is 3.12. The van der Waals surface area contributed by atoms with Crippen molar-refractivity contribution in [1.82, 2.24) is 19.9 Å². The number of benzene rings is 2. The van der Waals surface area contributed by atoms with E-state index in [2.05, 4.69) is 15.3 Å². The third-order valence-corrected chi connectivity index (χ3v) is 4.42. The summed E-state index contributed by atoms with van der Waals surface area (Å²) in [6.07, 6.45) is 5.34. The maximum Gasteiger partial charge on any atom is 0.252 e. The van der Waals surface area contributed by atoms with Crippen molar-refractivity contribution in [3.05, 3.63) is 96.2 Å². The van der Waals surface area contributed by atoms with Crippen LogP contribution in [0.2, 0.25) is 0 Å². The molecule has 0 saturated carbocycles. The molecule has 26 heavy (non-hydrogen) atoms. The van der Waals surface area contributed by atoms with Crippen LogP contribution >= 0.6 is 0 Å². The lowest BCUT2D eigenvalue weighted by atomic mass is 10.0. The van der Waals surface area contributed by atoms with E-state index < -0.39 is 0 Å². The highest BCUT2D eigenvalue weighted by atomic mass is 16.1. The number of carbonyl (C=O) groups is 1. The summed E-state index contributed by atoms with van der Waals surface area (Å²) >= 11 is 0. The van der Waals surface area contributed by atoms with Crippen molar-refractivity contribution in [3.8, 4) is 0 Å². The number of nitrogens with one attached hydrogen (secondary N) is 1.